The highest BCUT2D eigenvalue weighted by atomic mass is 32.2. The molecular formula is C17H21N3O5S. The van der Waals surface area contributed by atoms with Crippen molar-refractivity contribution in [2.24, 2.45) is 0 Å². The fourth-order valence-corrected chi connectivity index (χ4v) is 3.03. The largest absolute Gasteiger partial charge is 0.475 e. The topological polar surface area (TPSA) is 107 Å². The summed E-state index contributed by atoms with van der Waals surface area (Å²) in [5.74, 6) is 0.103. The van der Waals surface area contributed by atoms with Crippen molar-refractivity contribution >= 4 is 21.6 Å². The molecule has 0 unspecified atom stereocenters. The van der Waals surface area contributed by atoms with Crippen molar-refractivity contribution in [2.45, 2.75) is 11.3 Å². The fraction of sp³-hybridized carbons (Fsp3) is 0.294. The standard InChI is InChI=1S/C17H21N3O5S/c1-24-11-12-25-17-8-7-14(13-18-17)20-16(21)9-10-19-26(22,23)15-5-3-2-4-6-15/h2-8,13,19H,9-12H2,1H3,(H,20,21). The van der Waals surface area contributed by atoms with E-state index in [0.29, 0.717) is 24.8 Å². The molecule has 2 N–H and O–H groups in total. The molecule has 1 heterocycles. The Morgan fingerprint density at radius 2 is 1.88 bits per heavy atom. The van der Waals surface area contributed by atoms with Crippen LogP contribution >= 0.6 is 0 Å². The van der Waals surface area contributed by atoms with Crippen molar-refractivity contribution in [3.05, 3.63) is 48.7 Å². The molecule has 0 atom stereocenters. The SMILES string of the molecule is COCCOc1ccc(NC(=O)CCNS(=O)(=O)c2ccccc2)cn1. The van der Waals surface area contributed by atoms with Crippen LogP contribution in [0.3, 0.4) is 0 Å². The van der Waals surface area contributed by atoms with Gasteiger partial charge in [0.15, 0.2) is 0 Å². The van der Waals surface area contributed by atoms with Gasteiger partial charge in [0.1, 0.15) is 6.61 Å². The van der Waals surface area contributed by atoms with Gasteiger partial charge in [0, 0.05) is 26.1 Å². The second-order valence-corrected chi connectivity index (χ2v) is 7.00. The number of amides is 1. The molecule has 0 fully saturated rings. The normalized spacial score (nSPS) is 11.1. The lowest BCUT2D eigenvalue weighted by molar-refractivity contribution is -0.116. The molecule has 0 saturated heterocycles. The lowest BCUT2D eigenvalue weighted by Gasteiger charge is -2.08. The summed E-state index contributed by atoms with van der Waals surface area (Å²) in [6.07, 6.45) is 1.46. The Balaban J connectivity index is 1.76. The molecule has 0 aliphatic carbocycles. The van der Waals surface area contributed by atoms with E-state index in [9.17, 15) is 13.2 Å². The number of nitrogens with one attached hydrogen (secondary N) is 2. The summed E-state index contributed by atoms with van der Waals surface area (Å²) in [5, 5.41) is 2.65. The van der Waals surface area contributed by atoms with Gasteiger partial charge in [0.2, 0.25) is 21.8 Å². The zero-order chi connectivity index (χ0) is 18.8. The molecule has 0 radical (unpaired) electrons. The Morgan fingerprint density at radius 1 is 1.12 bits per heavy atom. The first kappa shape index (κ1) is 19.8. The maximum Gasteiger partial charge on any atom is 0.240 e. The average molecular weight is 379 g/mol. The average Bonchev–Trinajstić information content (AvgIpc) is 2.64. The number of anilines is 1. The predicted molar refractivity (Wildman–Crippen MR) is 96.5 cm³/mol. The van der Waals surface area contributed by atoms with Gasteiger partial charge in [-0.3, -0.25) is 4.79 Å². The van der Waals surface area contributed by atoms with Crippen LogP contribution in [0, 0.1) is 0 Å². The quantitative estimate of drug-likeness (QED) is 0.605. The molecule has 0 aliphatic rings. The Morgan fingerprint density at radius 3 is 2.54 bits per heavy atom. The molecule has 8 nitrogen and oxygen atoms in total. The van der Waals surface area contributed by atoms with E-state index in [1.165, 1.54) is 18.3 Å². The molecular weight excluding hydrogens is 358 g/mol. The highest BCUT2D eigenvalue weighted by Crippen LogP contribution is 2.12. The van der Waals surface area contributed by atoms with Crippen LogP contribution in [0.1, 0.15) is 6.42 Å². The van der Waals surface area contributed by atoms with E-state index in [4.69, 9.17) is 9.47 Å². The van der Waals surface area contributed by atoms with Gasteiger partial charge in [-0.1, -0.05) is 18.2 Å². The van der Waals surface area contributed by atoms with Gasteiger partial charge in [-0.15, -0.1) is 0 Å². The molecule has 2 rings (SSSR count). The van der Waals surface area contributed by atoms with Gasteiger partial charge in [0.05, 0.1) is 23.4 Å². The minimum atomic E-state index is -3.61. The third kappa shape index (κ3) is 6.43. The Labute approximate surface area is 152 Å². The van der Waals surface area contributed by atoms with Gasteiger partial charge in [0.25, 0.3) is 0 Å². The number of benzene rings is 1. The smallest absolute Gasteiger partial charge is 0.240 e. The van der Waals surface area contributed by atoms with Crippen molar-refractivity contribution in [2.75, 3.05) is 32.2 Å². The molecule has 140 valence electrons. The van der Waals surface area contributed by atoms with Gasteiger partial charge in [-0.05, 0) is 18.2 Å². The summed E-state index contributed by atoms with van der Waals surface area (Å²) in [6.45, 7) is 0.838. The van der Waals surface area contributed by atoms with E-state index in [0.717, 1.165) is 0 Å². The fourth-order valence-electron chi connectivity index (χ4n) is 1.97. The zero-order valence-electron chi connectivity index (χ0n) is 14.3. The van der Waals surface area contributed by atoms with Crippen LogP contribution < -0.4 is 14.8 Å². The highest BCUT2D eigenvalue weighted by molar-refractivity contribution is 7.89. The lowest BCUT2D eigenvalue weighted by atomic mass is 10.3. The van der Waals surface area contributed by atoms with Gasteiger partial charge >= 0.3 is 0 Å². The number of rotatable bonds is 10. The molecule has 1 amide bonds. The summed E-state index contributed by atoms with van der Waals surface area (Å²) < 4.78 is 36.7. The van der Waals surface area contributed by atoms with Gasteiger partial charge in [-0.25, -0.2) is 18.1 Å². The molecule has 0 bridgehead atoms. The van der Waals surface area contributed by atoms with Crippen molar-refractivity contribution < 1.29 is 22.7 Å². The van der Waals surface area contributed by atoms with Crippen LogP contribution in [0.15, 0.2) is 53.6 Å². The second-order valence-electron chi connectivity index (χ2n) is 5.24. The lowest BCUT2D eigenvalue weighted by Crippen LogP contribution is -2.27. The van der Waals surface area contributed by atoms with Crippen LogP contribution in [0.4, 0.5) is 5.69 Å². The molecule has 2 aromatic rings. The number of hydrogen-bond donors (Lipinski definition) is 2. The zero-order valence-corrected chi connectivity index (χ0v) is 15.2. The molecule has 1 aromatic carbocycles. The van der Waals surface area contributed by atoms with E-state index in [1.54, 1.807) is 37.4 Å². The van der Waals surface area contributed by atoms with Crippen LogP contribution in [-0.4, -0.2) is 46.2 Å². The Kier molecular flexibility index (Phi) is 7.52. The predicted octanol–water partition coefficient (Wildman–Crippen LogP) is 1.41. The van der Waals surface area contributed by atoms with Gasteiger partial charge < -0.3 is 14.8 Å². The number of sulfonamides is 1. The molecule has 1 aromatic heterocycles. The molecule has 0 spiro atoms. The number of hydrogen-bond acceptors (Lipinski definition) is 6. The number of methoxy groups -OCH3 is 1. The van der Waals surface area contributed by atoms with Crippen LogP contribution in [0.5, 0.6) is 5.88 Å². The van der Waals surface area contributed by atoms with Crippen LogP contribution in [0.2, 0.25) is 0 Å². The van der Waals surface area contributed by atoms with E-state index in [-0.39, 0.29) is 23.8 Å². The van der Waals surface area contributed by atoms with Gasteiger partial charge in [-0.2, -0.15) is 0 Å². The Hall–Kier alpha value is -2.49. The van der Waals surface area contributed by atoms with Crippen molar-refractivity contribution in [3.63, 3.8) is 0 Å². The number of nitrogens with zero attached hydrogens (tertiary/aromatic N) is 1. The highest BCUT2D eigenvalue weighted by Gasteiger charge is 2.13. The maximum atomic E-state index is 12.0. The van der Waals surface area contributed by atoms with E-state index < -0.39 is 10.0 Å². The van der Waals surface area contributed by atoms with Crippen molar-refractivity contribution in [1.82, 2.24) is 9.71 Å². The number of carbonyl (C=O) groups excluding carboxylic acids is 1. The number of aromatic nitrogens is 1. The molecule has 26 heavy (non-hydrogen) atoms. The monoisotopic (exact) mass is 379 g/mol. The summed E-state index contributed by atoms with van der Waals surface area (Å²) >= 11 is 0. The third-order valence-electron chi connectivity index (χ3n) is 3.26. The summed E-state index contributed by atoms with van der Waals surface area (Å²) in [4.78, 5) is 16.1. The van der Waals surface area contributed by atoms with Crippen molar-refractivity contribution in [1.29, 1.82) is 0 Å². The van der Waals surface area contributed by atoms with Crippen LogP contribution in [-0.2, 0) is 19.6 Å². The minimum absolute atomic E-state index is 0.00183. The minimum Gasteiger partial charge on any atom is -0.475 e. The first-order valence-corrected chi connectivity index (χ1v) is 9.42. The number of pyridine rings is 1. The first-order chi connectivity index (χ1) is 12.5. The molecule has 9 heteroatoms. The summed E-state index contributed by atoms with van der Waals surface area (Å²) in [7, 11) is -2.04. The second kappa shape index (κ2) is 9.85. The molecule has 0 saturated carbocycles. The van der Waals surface area contributed by atoms with Crippen molar-refractivity contribution in [3.8, 4) is 5.88 Å². The maximum absolute atomic E-state index is 12.0. The Bertz CT molecular complexity index is 795. The van der Waals surface area contributed by atoms with Crippen LogP contribution in [0.25, 0.3) is 0 Å². The van der Waals surface area contributed by atoms with E-state index in [2.05, 4.69) is 15.0 Å². The number of ether oxygens (including phenoxy) is 2. The molecule has 0 aliphatic heterocycles. The first-order valence-electron chi connectivity index (χ1n) is 7.93. The number of carbonyl (C=O) groups is 1. The van der Waals surface area contributed by atoms with E-state index >= 15 is 0 Å². The summed E-state index contributed by atoms with van der Waals surface area (Å²) in [5.41, 5.74) is 0.500. The third-order valence-corrected chi connectivity index (χ3v) is 4.73. The summed E-state index contributed by atoms with van der Waals surface area (Å²) in [6, 6.07) is 11.3. The van der Waals surface area contributed by atoms with E-state index in [1.807, 2.05) is 0 Å².